The van der Waals surface area contributed by atoms with Crippen molar-refractivity contribution in [1.29, 1.82) is 0 Å². The van der Waals surface area contributed by atoms with Crippen molar-refractivity contribution in [3.8, 4) is 11.8 Å². The van der Waals surface area contributed by atoms with Crippen molar-refractivity contribution in [2.45, 2.75) is 147 Å². The Kier molecular flexibility index (Phi) is 11.4. The average Bonchev–Trinajstić information content (AvgIpc) is 3.97. The van der Waals surface area contributed by atoms with E-state index in [1.54, 1.807) is 18.6 Å². The van der Waals surface area contributed by atoms with Crippen molar-refractivity contribution in [3.63, 3.8) is 0 Å². The van der Waals surface area contributed by atoms with Gasteiger partial charge in [0.15, 0.2) is 11.7 Å². The highest BCUT2D eigenvalue weighted by atomic mass is 16.5. The number of guanidine groups is 1. The molecule has 8 aliphatic carbocycles. The van der Waals surface area contributed by atoms with E-state index in [-0.39, 0.29) is 79.0 Å². The van der Waals surface area contributed by atoms with Gasteiger partial charge in [0.2, 0.25) is 0 Å². The number of H-pyrrole nitrogens is 1. The number of aromatic amines is 1. The Hall–Kier alpha value is -3.47. The standard InChI is InChI=1S/C53H74N4O8/c1-27-8-9-29-20-30-10-11-34-33(36-26-65-48(62)45(36)32-13-16-56-25-32)7-5-6-31-23-53(64)38-21-40(58)39-22-41(59)42(60)24-50(39,3)37(38)12-14-52(53,15-17-57-49(54)55)47(31)51(4,63)43(61)19-28(2)44(30)46(34)35(29)18-27/h13,16,20-21,25,27-28,30-31,33-37,39,41-47,56,59-61,63-64H,6,8-12,14-15,17-19,22-24,26H2,1-4H3,(H4,54,55,57)/t27-,28+,30+,31-,33-,34+,35+,36+,37-,39-,41+,42-,43+,44+,45+,46-,47+,50+,51-,52-,53+/m0/s1. The van der Waals surface area contributed by atoms with E-state index in [2.05, 4.69) is 41.7 Å². The molecule has 10 N–H and O–H groups in total. The predicted octanol–water partition coefficient (Wildman–Crippen LogP) is 5.14. The summed E-state index contributed by atoms with van der Waals surface area (Å²) in [6, 6.07) is 1.98. The van der Waals surface area contributed by atoms with E-state index in [0.29, 0.717) is 68.0 Å². The molecule has 1 aromatic rings. The molecule has 4 bridgehead atoms. The summed E-state index contributed by atoms with van der Waals surface area (Å²) in [4.78, 5) is 35.7. The lowest BCUT2D eigenvalue weighted by molar-refractivity contribution is -0.189. The molecule has 12 nitrogen and oxygen atoms in total. The fraction of sp³-hybridized carbons (Fsp3) is 0.755. The molecule has 1 aromatic heterocycles. The lowest BCUT2D eigenvalue weighted by Gasteiger charge is -2.61. The Labute approximate surface area is 384 Å². The average molecular weight is 895 g/mol. The number of carbonyl (C=O) groups excluding carboxylic acids is 2. The second-order valence-electron chi connectivity index (χ2n) is 23.5. The van der Waals surface area contributed by atoms with Crippen LogP contribution in [-0.4, -0.2) is 90.9 Å². The van der Waals surface area contributed by atoms with E-state index in [1.807, 2.05) is 25.4 Å². The van der Waals surface area contributed by atoms with Crippen LogP contribution in [-0.2, 0) is 14.3 Å². The first-order chi connectivity index (χ1) is 30.9. The molecule has 0 spiro atoms. The molecular weight excluding hydrogens is 821 g/mol. The number of hydrogen-bond acceptors (Lipinski definition) is 9. The van der Waals surface area contributed by atoms with Gasteiger partial charge in [0.05, 0.1) is 42.0 Å². The number of carbonyl (C=O) groups is 2. The first kappa shape index (κ1) is 45.3. The number of cyclic esters (lactones) is 1. The zero-order valence-electron chi connectivity index (χ0n) is 38.9. The molecule has 9 aliphatic rings. The van der Waals surface area contributed by atoms with Crippen molar-refractivity contribution in [2.75, 3.05) is 13.2 Å². The summed E-state index contributed by atoms with van der Waals surface area (Å²) in [5, 5.41) is 61.9. The summed E-state index contributed by atoms with van der Waals surface area (Å²) >= 11 is 0. The molecular formula is C53H74N4O8. The van der Waals surface area contributed by atoms with Crippen LogP contribution in [0.3, 0.4) is 0 Å². The van der Waals surface area contributed by atoms with Gasteiger partial charge in [-0.05, 0) is 166 Å². The van der Waals surface area contributed by atoms with Crippen LogP contribution < -0.4 is 11.5 Å². The van der Waals surface area contributed by atoms with Crippen LogP contribution in [0, 0.1) is 99.6 Å². The Balaban J connectivity index is 1.12. The summed E-state index contributed by atoms with van der Waals surface area (Å²) in [6.45, 7) is 8.93. The minimum absolute atomic E-state index is 0.0382. The predicted molar refractivity (Wildman–Crippen MR) is 245 cm³/mol. The molecule has 10 rings (SSSR count). The van der Waals surface area contributed by atoms with Crippen LogP contribution in [0.1, 0.15) is 123 Å². The van der Waals surface area contributed by atoms with Crippen molar-refractivity contribution < 1.29 is 39.9 Å². The summed E-state index contributed by atoms with van der Waals surface area (Å²) in [7, 11) is 0. The number of allylic oxidation sites excluding steroid dienone is 3. The minimum Gasteiger partial charge on any atom is -0.465 e. The van der Waals surface area contributed by atoms with Crippen LogP contribution in [0.5, 0.6) is 0 Å². The van der Waals surface area contributed by atoms with E-state index < -0.39 is 64.0 Å². The largest absolute Gasteiger partial charge is 0.465 e. The molecule has 21 atom stereocenters. The van der Waals surface area contributed by atoms with Gasteiger partial charge in [-0.25, -0.2) is 0 Å². The number of hydrogen-bond donors (Lipinski definition) is 8. The van der Waals surface area contributed by atoms with Gasteiger partial charge in [0.1, 0.15) is 0 Å². The normalized spacial score (nSPS) is 50.1. The molecule has 1 saturated heterocycles. The molecule has 12 heteroatoms. The molecule has 65 heavy (non-hydrogen) atoms. The van der Waals surface area contributed by atoms with Gasteiger partial charge >= 0.3 is 5.97 Å². The van der Waals surface area contributed by atoms with Crippen molar-refractivity contribution in [1.82, 2.24) is 4.98 Å². The molecule has 2 heterocycles. The van der Waals surface area contributed by atoms with Gasteiger partial charge in [0.25, 0.3) is 0 Å². The van der Waals surface area contributed by atoms with E-state index in [1.165, 1.54) is 6.42 Å². The summed E-state index contributed by atoms with van der Waals surface area (Å²) in [5.74, 6) is 6.72. The number of aromatic nitrogens is 1. The van der Waals surface area contributed by atoms with Gasteiger partial charge in [-0.15, -0.1) is 5.92 Å². The highest BCUT2D eigenvalue weighted by molar-refractivity contribution is 5.95. The second kappa shape index (κ2) is 16.4. The van der Waals surface area contributed by atoms with E-state index >= 15 is 0 Å². The van der Waals surface area contributed by atoms with Crippen LogP contribution in [0.4, 0.5) is 0 Å². The third kappa shape index (κ3) is 6.97. The fourth-order valence-corrected chi connectivity index (χ4v) is 17.6. The number of nitrogens with two attached hydrogens (primary N) is 2. The van der Waals surface area contributed by atoms with Gasteiger partial charge in [0, 0.05) is 54.4 Å². The van der Waals surface area contributed by atoms with E-state index in [4.69, 9.17) is 16.2 Å². The number of nitrogens with one attached hydrogen (secondary N) is 1. The summed E-state index contributed by atoms with van der Waals surface area (Å²) in [6.07, 6.45) is 13.0. The van der Waals surface area contributed by atoms with Crippen LogP contribution in [0.15, 0.2) is 46.8 Å². The quantitative estimate of drug-likeness (QED) is 0.0639. The zero-order chi connectivity index (χ0) is 46.0. The number of ether oxygens (including phenoxy) is 1. The lowest BCUT2D eigenvalue weighted by atomic mass is 9.44. The smallest absolute Gasteiger partial charge is 0.313 e. The maximum absolute atomic E-state index is 14.3. The van der Waals surface area contributed by atoms with Crippen LogP contribution >= 0.6 is 0 Å². The van der Waals surface area contributed by atoms with Gasteiger partial charge in [-0.1, -0.05) is 38.3 Å². The van der Waals surface area contributed by atoms with Gasteiger partial charge in [-0.2, -0.15) is 0 Å². The fourth-order valence-electron chi connectivity index (χ4n) is 17.6. The zero-order valence-corrected chi connectivity index (χ0v) is 38.9. The van der Waals surface area contributed by atoms with Crippen molar-refractivity contribution in [3.05, 3.63) is 47.3 Å². The Morgan fingerprint density at radius 1 is 0.969 bits per heavy atom. The monoisotopic (exact) mass is 895 g/mol. The number of aliphatic imine (C=N–C) groups is 1. The number of nitrogens with zero attached hydrogens (tertiary/aromatic N) is 1. The van der Waals surface area contributed by atoms with Gasteiger partial charge in [-0.3, -0.25) is 14.6 Å². The molecule has 0 amide bonds. The van der Waals surface area contributed by atoms with E-state index in [0.717, 1.165) is 31.2 Å². The lowest BCUT2D eigenvalue weighted by Crippen LogP contribution is -2.64. The molecule has 354 valence electrons. The first-order valence-electron chi connectivity index (χ1n) is 25.2. The third-order valence-corrected chi connectivity index (χ3v) is 20.2. The minimum atomic E-state index is -1.69. The van der Waals surface area contributed by atoms with Crippen molar-refractivity contribution >= 4 is 17.7 Å². The van der Waals surface area contributed by atoms with Crippen LogP contribution in [0.25, 0.3) is 0 Å². The number of esters is 1. The molecule has 0 aromatic carbocycles. The topological polar surface area (TPSA) is 225 Å². The Morgan fingerprint density at radius 2 is 1.77 bits per heavy atom. The molecule has 0 radical (unpaired) electrons. The molecule has 6 fully saturated rings. The molecule has 1 aliphatic heterocycles. The number of aliphatic hydroxyl groups is 5. The van der Waals surface area contributed by atoms with Crippen molar-refractivity contribution in [2.24, 2.45) is 104 Å². The Bertz CT molecular complexity index is 2190. The second-order valence-corrected chi connectivity index (χ2v) is 23.5. The molecule has 0 unspecified atom stereocenters. The maximum atomic E-state index is 14.3. The number of rotatable bonds is 5. The van der Waals surface area contributed by atoms with Crippen LogP contribution in [0.2, 0.25) is 0 Å². The number of ketones is 1. The Morgan fingerprint density at radius 3 is 2.52 bits per heavy atom. The number of aliphatic hydroxyl groups excluding tert-OH is 3. The summed E-state index contributed by atoms with van der Waals surface area (Å²) < 4.78 is 5.98. The summed E-state index contributed by atoms with van der Waals surface area (Å²) in [5.41, 5.74) is 9.95. The SMILES string of the molecule is C[C@H]1CCC2=C[C@H]3CC[C@@H]4[C@@H]([C@H]5COC(=O)[C@@H]5c5cc[nH]c5)C#CC[C@H]5C[C@@]6(O)C7=CC(=O)[C@@H]8C[C@@H](O)[C@@H](O)C[C@]8(C)[C@H]7CC[C@]6(CCN=C(N)N)[C@H]5[C@@](C)(O)[C@H](O)C[C@@H](C)[C@H]3[C@@H]4[C@@H]2C1. The van der Waals surface area contributed by atoms with Gasteiger partial charge < -0.3 is 46.7 Å². The third-order valence-electron chi connectivity index (χ3n) is 20.2. The van der Waals surface area contributed by atoms with E-state index in [9.17, 15) is 35.1 Å². The first-order valence-corrected chi connectivity index (χ1v) is 25.2. The highest BCUT2D eigenvalue weighted by Gasteiger charge is 2.73. The molecule has 5 saturated carbocycles. The maximum Gasteiger partial charge on any atom is 0.313 e. The number of fused-ring (bicyclic) bond motifs is 8. The highest BCUT2D eigenvalue weighted by Crippen LogP contribution is 2.72.